The van der Waals surface area contributed by atoms with Crippen LogP contribution in [0.1, 0.15) is 33.1 Å². The van der Waals surface area contributed by atoms with Crippen LogP contribution in [0.15, 0.2) is 0 Å². The predicted molar refractivity (Wildman–Crippen MR) is 76.7 cm³/mol. The maximum atomic E-state index is 10.6. The molecule has 0 aromatic carbocycles. The standard InChI is InChI=1S/C12H22N6O2/c1-8(2)20-12-17-10(14-3)16-11(18-12)15-7-5-4-6-9(13)19/h8H,4-7H2,1-3H3,(H2,13,19)(H2,14,15,16,17,18). The molecule has 0 saturated carbocycles. The summed E-state index contributed by atoms with van der Waals surface area (Å²) in [5.74, 6) is 0.601. The molecule has 1 rings (SSSR count). The number of amides is 1. The zero-order valence-electron chi connectivity index (χ0n) is 12.1. The molecule has 0 atom stereocenters. The highest BCUT2D eigenvalue weighted by Gasteiger charge is 2.07. The number of rotatable bonds is 9. The molecule has 0 spiro atoms. The van der Waals surface area contributed by atoms with Crippen molar-refractivity contribution in [1.29, 1.82) is 0 Å². The summed E-state index contributed by atoms with van der Waals surface area (Å²) in [6.07, 6.45) is 1.93. The lowest BCUT2D eigenvalue weighted by molar-refractivity contribution is -0.118. The van der Waals surface area contributed by atoms with Gasteiger partial charge in [-0.15, -0.1) is 0 Å². The SMILES string of the molecule is CNc1nc(NCCCCC(N)=O)nc(OC(C)C)n1. The van der Waals surface area contributed by atoms with Gasteiger partial charge in [-0.05, 0) is 26.7 Å². The summed E-state index contributed by atoms with van der Waals surface area (Å²) in [5.41, 5.74) is 5.07. The van der Waals surface area contributed by atoms with E-state index >= 15 is 0 Å². The number of primary amides is 1. The molecular weight excluding hydrogens is 260 g/mol. The summed E-state index contributed by atoms with van der Waals surface area (Å²) in [6.45, 7) is 4.46. The molecule has 0 aliphatic rings. The fraction of sp³-hybridized carbons (Fsp3) is 0.667. The first-order chi connectivity index (χ1) is 9.51. The second-order valence-corrected chi connectivity index (χ2v) is 4.53. The van der Waals surface area contributed by atoms with Crippen molar-refractivity contribution in [1.82, 2.24) is 15.0 Å². The molecule has 8 nitrogen and oxygen atoms in total. The Morgan fingerprint density at radius 2 is 1.95 bits per heavy atom. The molecule has 0 aliphatic carbocycles. The van der Waals surface area contributed by atoms with Gasteiger partial charge in [0.2, 0.25) is 17.8 Å². The number of hydrogen-bond acceptors (Lipinski definition) is 7. The summed E-state index contributed by atoms with van der Waals surface area (Å²) in [7, 11) is 1.73. The minimum Gasteiger partial charge on any atom is -0.461 e. The summed E-state index contributed by atoms with van der Waals surface area (Å²) < 4.78 is 5.45. The van der Waals surface area contributed by atoms with E-state index in [1.165, 1.54) is 0 Å². The highest BCUT2D eigenvalue weighted by Crippen LogP contribution is 2.12. The summed E-state index contributed by atoms with van der Waals surface area (Å²) >= 11 is 0. The summed E-state index contributed by atoms with van der Waals surface area (Å²) in [6, 6.07) is 0.277. The van der Waals surface area contributed by atoms with Gasteiger partial charge in [-0.2, -0.15) is 15.0 Å². The average molecular weight is 282 g/mol. The summed E-state index contributed by atoms with van der Waals surface area (Å²) in [4.78, 5) is 23.1. The molecule has 8 heteroatoms. The number of nitrogens with zero attached hydrogens (tertiary/aromatic N) is 3. The number of carbonyl (C=O) groups excluding carboxylic acids is 1. The van der Waals surface area contributed by atoms with Gasteiger partial charge in [0.15, 0.2) is 0 Å². The Morgan fingerprint density at radius 1 is 1.25 bits per heavy atom. The Bertz CT molecular complexity index is 438. The predicted octanol–water partition coefficient (Wildman–Crippen LogP) is 0.768. The second kappa shape index (κ2) is 8.13. The third kappa shape index (κ3) is 6.17. The lowest BCUT2D eigenvalue weighted by Crippen LogP contribution is -2.14. The normalized spacial score (nSPS) is 10.4. The van der Waals surface area contributed by atoms with Crippen LogP contribution in [-0.2, 0) is 4.79 Å². The van der Waals surface area contributed by atoms with Gasteiger partial charge in [-0.1, -0.05) is 0 Å². The zero-order chi connectivity index (χ0) is 15.0. The van der Waals surface area contributed by atoms with Gasteiger partial charge >= 0.3 is 6.01 Å². The second-order valence-electron chi connectivity index (χ2n) is 4.53. The van der Waals surface area contributed by atoms with Gasteiger partial charge in [0.25, 0.3) is 0 Å². The first-order valence-electron chi connectivity index (χ1n) is 6.64. The molecule has 112 valence electrons. The van der Waals surface area contributed by atoms with Crippen LogP contribution in [-0.4, -0.2) is 40.6 Å². The molecule has 1 amide bonds. The van der Waals surface area contributed by atoms with Crippen LogP contribution in [0.5, 0.6) is 6.01 Å². The number of aromatic nitrogens is 3. The Hall–Kier alpha value is -2.12. The van der Waals surface area contributed by atoms with Crippen LogP contribution in [0, 0.1) is 0 Å². The molecule has 1 aromatic heterocycles. The van der Waals surface area contributed by atoms with Crippen molar-refractivity contribution in [2.24, 2.45) is 5.73 Å². The Labute approximate surface area is 118 Å². The van der Waals surface area contributed by atoms with Crippen molar-refractivity contribution < 1.29 is 9.53 Å². The zero-order valence-corrected chi connectivity index (χ0v) is 12.1. The van der Waals surface area contributed by atoms with E-state index in [0.29, 0.717) is 24.9 Å². The molecule has 0 radical (unpaired) electrons. The number of hydrogen-bond donors (Lipinski definition) is 3. The van der Waals surface area contributed by atoms with Gasteiger partial charge in [-0.25, -0.2) is 0 Å². The molecule has 0 aliphatic heterocycles. The quantitative estimate of drug-likeness (QED) is 0.573. The van der Waals surface area contributed by atoms with Crippen LogP contribution in [0.3, 0.4) is 0 Å². The monoisotopic (exact) mass is 282 g/mol. The average Bonchev–Trinajstić information content (AvgIpc) is 2.36. The number of anilines is 2. The molecule has 0 bridgehead atoms. The number of ether oxygens (including phenoxy) is 1. The number of unbranched alkanes of at least 4 members (excludes halogenated alkanes) is 1. The number of nitrogens with one attached hydrogen (secondary N) is 2. The Kier molecular flexibility index (Phi) is 6.48. The van der Waals surface area contributed by atoms with Crippen LogP contribution in [0.2, 0.25) is 0 Å². The van der Waals surface area contributed by atoms with Crippen molar-refractivity contribution >= 4 is 17.8 Å². The van der Waals surface area contributed by atoms with Crippen molar-refractivity contribution in [3.63, 3.8) is 0 Å². The van der Waals surface area contributed by atoms with E-state index in [1.54, 1.807) is 7.05 Å². The van der Waals surface area contributed by atoms with E-state index in [-0.39, 0.29) is 18.0 Å². The maximum absolute atomic E-state index is 10.6. The minimum atomic E-state index is -0.282. The van der Waals surface area contributed by atoms with Crippen molar-refractivity contribution in [3.8, 4) is 6.01 Å². The van der Waals surface area contributed by atoms with Crippen molar-refractivity contribution in [2.45, 2.75) is 39.2 Å². The third-order valence-corrected chi connectivity index (χ3v) is 2.31. The largest absolute Gasteiger partial charge is 0.461 e. The van der Waals surface area contributed by atoms with Gasteiger partial charge in [0.1, 0.15) is 0 Å². The highest BCUT2D eigenvalue weighted by atomic mass is 16.5. The first kappa shape index (κ1) is 15.9. The molecular formula is C12H22N6O2. The van der Waals surface area contributed by atoms with Crippen molar-refractivity contribution in [3.05, 3.63) is 0 Å². The molecule has 0 fully saturated rings. The fourth-order valence-electron chi connectivity index (χ4n) is 1.44. The van der Waals surface area contributed by atoms with E-state index in [1.807, 2.05) is 13.8 Å². The fourth-order valence-corrected chi connectivity index (χ4v) is 1.44. The number of carbonyl (C=O) groups is 1. The third-order valence-electron chi connectivity index (χ3n) is 2.31. The highest BCUT2D eigenvalue weighted by molar-refractivity contribution is 5.73. The van der Waals surface area contributed by atoms with E-state index in [9.17, 15) is 4.79 Å². The summed E-state index contributed by atoms with van der Waals surface area (Å²) in [5, 5.41) is 5.93. The molecule has 20 heavy (non-hydrogen) atoms. The first-order valence-corrected chi connectivity index (χ1v) is 6.64. The van der Waals surface area contributed by atoms with E-state index in [2.05, 4.69) is 25.6 Å². The van der Waals surface area contributed by atoms with Gasteiger partial charge < -0.3 is 21.1 Å². The molecule has 0 saturated heterocycles. The Morgan fingerprint density at radius 3 is 2.55 bits per heavy atom. The maximum Gasteiger partial charge on any atom is 0.323 e. The molecule has 0 unspecified atom stereocenters. The number of nitrogens with two attached hydrogens (primary N) is 1. The smallest absolute Gasteiger partial charge is 0.323 e. The van der Waals surface area contributed by atoms with E-state index < -0.39 is 0 Å². The topological polar surface area (TPSA) is 115 Å². The lowest BCUT2D eigenvalue weighted by atomic mass is 10.2. The van der Waals surface area contributed by atoms with Crippen LogP contribution >= 0.6 is 0 Å². The van der Waals surface area contributed by atoms with E-state index in [4.69, 9.17) is 10.5 Å². The molecule has 1 heterocycles. The van der Waals surface area contributed by atoms with Crippen LogP contribution < -0.4 is 21.1 Å². The lowest BCUT2D eigenvalue weighted by Gasteiger charge is -2.11. The van der Waals surface area contributed by atoms with Crippen molar-refractivity contribution in [2.75, 3.05) is 24.2 Å². The molecule has 1 aromatic rings. The van der Waals surface area contributed by atoms with Crippen LogP contribution in [0.25, 0.3) is 0 Å². The van der Waals surface area contributed by atoms with Gasteiger partial charge in [-0.3, -0.25) is 4.79 Å². The minimum absolute atomic E-state index is 0.00878. The Balaban J connectivity index is 2.53. The van der Waals surface area contributed by atoms with Gasteiger partial charge in [0, 0.05) is 20.0 Å². The molecule has 4 N–H and O–H groups in total. The van der Waals surface area contributed by atoms with E-state index in [0.717, 1.165) is 12.8 Å². The van der Waals surface area contributed by atoms with Crippen LogP contribution in [0.4, 0.5) is 11.9 Å². The van der Waals surface area contributed by atoms with Gasteiger partial charge in [0.05, 0.1) is 6.10 Å².